The molecule has 0 radical (unpaired) electrons. The van der Waals surface area contributed by atoms with E-state index in [-0.39, 0.29) is 29.0 Å². The Morgan fingerprint density at radius 3 is 2.76 bits per heavy atom. The van der Waals surface area contributed by atoms with Crippen LogP contribution in [0.25, 0.3) is 0 Å². The van der Waals surface area contributed by atoms with Crippen LogP contribution >= 0.6 is 0 Å². The maximum atomic E-state index is 12.4. The van der Waals surface area contributed by atoms with Crippen LogP contribution in [-0.2, 0) is 0 Å². The lowest BCUT2D eigenvalue weighted by atomic mass is 9.97. The number of aromatic amines is 1. The number of amides is 1. The van der Waals surface area contributed by atoms with E-state index in [9.17, 15) is 9.59 Å². The predicted molar refractivity (Wildman–Crippen MR) is 82.5 cm³/mol. The summed E-state index contributed by atoms with van der Waals surface area (Å²) < 4.78 is 0. The Hall–Kier alpha value is -1.58. The number of fused-ring (bicyclic) bond motifs is 1. The summed E-state index contributed by atoms with van der Waals surface area (Å²) in [6.45, 7) is 4.04. The molecule has 2 fully saturated rings. The Labute approximate surface area is 125 Å². The average Bonchev–Trinajstić information content (AvgIpc) is 3.03. The first-order valence-corrected chi connectivity index (χ1v) is 8.10. The van der Waals surface area contributed by atoms with Gasteiger partial charge in [0.2, 0.25) is 0 Å². The van der Waals surface area contributed by atoms with Crippen molar-refractivity contribution >= 4 is 5.91 Å². The Bertz CT molecular complexity index is 591. The van der Waals surface area contributed by atoms with E-state index in [1.807, 2.05) is 19.9 Å². The number of carbonyl (C=O) groups excluding carboxylic acids is 1. The monoisotopic (exact) mass is 288 g/mol. The van der Waals surface area contributed by atoms with Crippen molar-refractivity contribution in [1.82, 2.24) is 10.3 Å². The van der Waals surface area contributed by atoms with E-state index >= 15 is 0 Å². The molecule has 3 atom stereocenters. The first kappa shape index (κ1) is 14.4. The number of H-pyrrole nitrogens is 1. The molecule has 1 aromatic heterocycles. The molecule has 21 heavy (non-hydrogen) atoms. The van der Waals surface area contributed by atoms with E-state index in [4.69, 9.17) is 0 Å². The molecule has 3 rings (SSSR count). The standard InChI is InChI=1S/C17H24N2O2/c1-10(2)14-9-7-13(16(20)18-14)17(21)19-15-8-6-11-4-3-5-12(11)15/h7,9-12,15H,3-6,8H2,1-2H3,(H,18,20)(H,19,21)/t11-,12-,15-/m0/s1. The predicted octanol–water partition coefficient (Wildman–Crippen LogP) is 2.81. The Morgan fingerprint density at radius 2 is 2.05 bits per heavy atom. The molecule has 1 amide bonds. The van der Waals surface area contributed by atoms with Gasteiger partial charge in [-0.1, -0.05) is 26.7 Å². The molecule has 2 N–H and O–H groups in total. The van der Waals surface area contributed by atoms with Gasteiger partial charge in [-0.3, -0.25) is 9.59 Å². The molecule has 0 spiro atoms. The van der Waals surface area contributed by atoms with Crippen LogP contribution in [0.2, 0.25) is 0 Å². The molecule has 0 aliphatic heterocycles. The number of rotatable bonds is 3. The lowest BCUT2D eigenvalue weighted by Crippen LogP contribution is -2.40. The second kappa shape index (κ2) is 5.66. The van der Waals surface area contributed by atoms with E-state index in [1.165, 1.54) is 25.7 Å². The molecule has 0 aromatic carbocycles. The van der Waals surface area contributed by atoms with Crippen LogP contribution in [0.1, 0.15) is 67.9 Å². The molecule has 2 saturated carbocycles. The van der Waals surface area contributed by atoms with Gasteiger partial charge in [0.1, 0.15) is 5.56 Å². The number of hydrogen-bond donors (Lipinski definition) is 2. The highest BCUT2D eigenvalue weighted by molar-refractivity contribution is 5.94. The molecular weight excluding hydrogens is 264 g/mol. The third-order valence-electron chi connectivity index (χ3n) is 5.20. The van der Waals surface area contributed by atoms with Crippen LogP contribution in [0.3, 0.4) is 0 Å². The molecule has 114 valence electrons. The zero-order chi connectivity index (χ0) is 15.0. The number of carbonyl (C=O) groups is 1. The number of hydrogen-bond acceptors (Lipinski definition) is 2. The van der Waals surface area contributed by atoms with Crippen LogP contribution in [0.15, 0.2) is 16.9 Å². The summed E-state index contributed by atoms with van der Waals surface area (Å²) in [5.74, 6) is 1.45. The number of nitrogens with one attached hydrogen (secondary N) is 2. The Balaban J connectivity index is 1.72. The summed E-state index contributed by atoms with van der Waals surface area (Å²) in [6, 6.07) is 3.76. The molecule has 0 bridgehead atoms. The van der Waals surface area contributed by atoms with Gasteiger partial charge < -0.3 is 10.3 Å². The van der Waals surface area contributed by atoms with E-state index < -0.39 is 0 Å². The van der Waals surface area contributed by atoms with Gasteiger partial charge in [-0.2, -0.15) is 0 Å². The van der Waals surface area contributed by atoms with Crippen LogP contribution in [-0.4, -0.2) is 16.9 Å². The number of pyridine rings is 1. The van der Waals surface area contributed by atoms with Gasteiger partial charge >= 0.3 is 0 Å². The van der Waals surface area contributed by atoms with Crippen molar-refractivity contribution in [3.05, 3.63) is 33.7 Å². The van der Waals surface area contributed by atoms with Gasteiger partial charge in [0.05, 0.1) is 0 Å². The fraction of sp³-hybridized carbons (Fsp3) is 0.647. The van der Waals surface area contributed by atoms with Crippen LogP contribution < -0.4 is 10.9 Å². The highest BCUT2D eigenvalue weighted by atomic mass is 16.2. The fourth-order valence-corrected chi connectivity index (χ4v) is 3.99. The van der Waals surface area contributed by atoms with Crippen molar-refractivity contribution in [2.75, 3.05) is 0 Å². The summed E-state index contributed by atoms with van der Waals surface area (Å²) in [7, 11) is 0. The molecule has 0 saturated heterocycles. The number of aromatic nitrogens is 1. The summed E-state index contributed by atoms with van der Waals surface area (Å²) in [6.07, 6.45) is 6.09. The Morgan fingerprint density at radius 1 is 1.24 bits per heavy atom. The maximum Gasteiger partial charge on any atom is 0.261 e. The zero-order valence-corrected chi connectivity index (χ0v) is 12.8. The molecule has 2 aliphatic rings. The van der Waals surface area contributed by atoms with Gasteiger partial charge in [-0.05, 0) is 49.1 Å². The van der Waals surface area contributed by atoms with Crippen molar-refractivity contribution in [2.45, 2.75) is 57.9 Å². The second-order valence-electron chi connectivity index (χ2n) is 6.82. The first-order chi connectivity index (χ1) is 10.1. The van der Waals surface area contributed by atoms with Gasteiger partial charge in [-0.25, -0.2) is 0 Å². The zero-order valence-electron chi connectivity index (χ0n) is 12.8. The normalized spacial score (nSPS) is 27.9. The van der Waals surface area contributed by atoms with Gasteiger partial charge in [0.25, 0.3) is 11.5 Å². The Kier molecular flexibility index (Phi) is 3.87. The van der Waals surface area contributed by atoms with E-state index in [1.54, 1.807) is 6.07 Å². The molecule has 0 unspecified atom stereocenters. The van der Waals surface area contributed by atoms with E-state index in [2.05, 4.69) is 10.3 Å². The van der Waals surface area contributed by atoms with Crippen molar-refractivity contribution in [2.24, 2.45) is 11.8 Å². The summed E-state index contributed by atoms with van der Waals surface area (Å²) in [4.78, 5) is 27.2. The van der Waals surface area contributed by atoms with Crippen LogP contribution in [0.4, 0.5) is 0 Å². The quantitative estimate of drug-likeness (QED) is 0.898. The smallest absolute Gasteiger partial charge is 0.261 e. The summed E-state index contributed by atoms with van der Waals surface area (Å²) in [5.41, 5.74) is 0.828. The first-order valence-electron chi connectivity index (χ1n) is 8.10. The minimum absolute atomic E-state index is 0.218. The molecule has 1 heterocycles. The molecule has 4 heteroatoms. The highest BCUT2D eigenvalue weighted by Gasteiger charge is 2.39. The molecule has 2 aliphatic carbocycles. The van der Waals surface area contributed by atoms with Crippen molar-refractivity contribution in [3.8, 4) is 0 Å². The van der Waals surface area contributed by atoms with Crippen molar-refractivity contribution in [3.63, 3.8) is 0 Å². The SMILES string of the molecule is CC(C)c1ccc(C(=O)N[C@H]2CC[C@@H]3CCC[C@@H]32)c(=O)[nH]1. The lowest BCUT2D eigenvalue weighted by Gasteiger charge is -2.20. The molecule has 4 nitrogen and oxygen atoms in total. The third-order valence-corrected chi connectivity index (χ3v) is 5.20. The molecular formula is C17H24N2O2. The van der Waals surface area contributed by atoms with Crippen LogP contribution in [0.5, 0.6) is 0 Å². The third kappa shape index (κ3) is 2.76. The van der Waals surface area contributed by atoms with Crippen molar-refractivity contribution in [1.29, 1.82) is 0 Å². The van der Waals surface area contributed by atoms with Gasteiger partial charge in [-0.15, -0.1) is 0 Å². The molecule has 1 aromatic rings. The average molecular weight is 288 g/mol. The fourth-order valence-electron chi connectivity index (χ4n) is 3.99. The van der Waals surface area contributed by atoms with Gasteiger partial charge in [0, 0.05) is 11.7 Å². The maximum absolute atomic E-state index is 12.4. The summed E-state index contributed by atoms with van der Waals surface area (Å²) in [5, 5.41) is 3.10. The minimum Gasteiger partial charge on any atom is -0.349 e. The topological polar surface area (TPSA) is 62.0 Å². The minimum atomic E-state index is -0.278. The second-order valence-corrected chi connectivity index (χ2v) is 6.82. The van der Waals surface area contributed by atoms with Gasteiger partial charge in [0.15, 0.2) is 0 Å². The van der Waals surface area contributed by atoms with Crippen LogP contribution in [0, 0.1) is 11.8 Å². The summed E-state index contributed by atoms with van der Waals surface area (Å²) >= 11 is 0. The van der Waals surface area contributed by atoms with Crippen molar-refractivity contribution < 1.29 is 4.79 Å². The van der Waals surface area contributed by atoms with E-state index in [0.29, 0.717) is 5.92 Å². The van der Waals surface area contributed by atoms with E-state index in [0.717, 1.165) is 18.0 Å². The largest absolute Gasteiger partial charge is 0.349 e. The highest BCUT2D eigenvalue weighted by Crippen LogP contribution is 2.43. The lowest BCUT2D eigenvalue weighted by molar-refractivity contribution is 0.0925.